The number of sulfonamides is 1. The minimum Gasteiger partial charge on any atom is -0.348 e. The number of para-hydroxylation sites is 1. The summed E-state index contributed by atoms with van der Waals surface area (Å²) in [5.74, 6) is -0.957. The van der Waals surface area contributed by atoms with Gasteiger partial charge in [-0.05, 0) is 73.5 Å². The number of carbonyl (C=O) groups is 1. The number of nitrogens with zero attached hydrogens (tertiary/aromatic N) is 1. The molecule has 1 aliphatic heterocycles. The average molecular weight is 482 g/mol. The third-order valence-electron chi connectivity index (χ3n) is 5.95. The highest BCUT2D eigenvalue weighted by atomic mass is 32.2. The lowest BCUT2D eigenvalue weighted by molar-refractivity contribution is 0.0950. The Hall–Kier alpha value is -3.23. The largest absolute Gasteiger partial charge is 0.348 e. The highest BCUT2D eigenvalue weighted by Crippen LogP contribution is 2.20. The molecule has 8 heteroatoms. The second-order valence-corrected chi connectivity index (χ2v) is 10.1. The maximum Gasteiger partial charge on any atom is 0.261 e. The van der Waals surface area contributed by atoms with Crippen LogP contribution in [0, 0.1) is 5.82 Å². The summed E-state index contributed by atoms with van der Waals surface area (Å²) in [4.78, 5) is 15.1. The molecule has 1 amide bonds. The molecule has 3 aromatic rings. The maximum atomic E-state index is 13.8. The lowest BCUT2D eigenvalue weighted by Gasteiger charge is -2.27. The van der Waals surface area contributed by atoms with Crippen LogP contribution in [0.15, 0.2) is 77.7 Å². The van der Waals surface area contributed by atoms with Crippen molar-refractivity contribution in [2.45, 2.75) is 37.2 Å². The van der Waals surface area contributed by atoms with Gasteiger partial charge in [0.25, 0.3) is 15.9 Å². The number of anilines is 1. The van der Waals surface area contributed by atoms with E-state index in [9.17, 15) is 17.6 Å². The van der Waals surface area contributed by atoms with E-state index in [4.69, 9.17) is 0 Å². The number of amides is 1. The van der Waals surface area contributed by atoms with Crippen molar-refractivity contribution < 1.29 is 17.6 Å². The molecule has 178 valence electrons. The quantitative estimate of drug-likeness (QED) is 0.495. The molecule has 3 aromatic carbocycles. The van der Waals surface area contributed by atoms with E-state index < -0.39 is 15.8 Å². The van der Waals surface area contributed by atoms with E-state index in [0.29, 0.717) is 12.1 Å². The van der Waals surface area contributed by atoms with E-state index in [-0.39, 0.29) is 16.5 Å². The molecule has 4 rings (SSSR count). The normalized spacial score (nSPS) is 14.5. The van der Waals surface area contributed by atoms with Crippen LogP contribution in [0.4, 0.5) is 10.1 Å². The van der Waals surface area contributed by atoms with Gasteiger partial charge in [0, 0.05) is 18.7 Å². The fourth-order valence-corrected chi connectivity index (χ4v) is 5.12. The van der Waals surface area contributed by atoms with E-state index in [2.05, 4.69) is 21.0 Å². The first-order valence-electron chi connectivity index (χ1n) is 11.4. The summed E-state index contributed by atoms with van der Waals surface area (Å²) >= 11 is 0. The van der Waals surface area contributed by atoms with Gasteiger partial charge in [0.2, 0.25) is 0 Å². The van der Waals surface area contributed by atoms with Crippen LogP contribution in [-0.4, -0.2) is 32.3 Å². The van der Waals surface area contributed by atoms with E-state index in [0.717, 1.165) is 25.2 Å². The van der Waals surface area contributed by atoms with Gasteiger partial charge in [0.1, 0.15) is 5.82 Å². The second kappa shape index (κ2) is 10.8. The van der Waals surface area contributed by atoms with Gasteiger partial charge in [-0.3, -0.25) is 14.4 Å². The number of carbonyl (C=O) groups excluding carboxylic acids is 1. The van der Waals surface area contributed by atoms with Gasteiger partial charge < -0.3 is 5.32 Å². The van der Waals surface area contributed by atoms with Crippen molar-refractivity contribution in [3.05, 3.63) is 95.3 Å². The highest BCUT2D eigenvalue weighted by Gasteiger charge is 2.17. The molecule has 1 aliphatic rings. The predicted molar refractivity (Wildman–Crippen MR) is 130 cm³/mol. The second-order valence-electron chi connectivity index (χ2n) is 8.40. The van der Waals surface area contributed by atoms with Gasteiger partial charge in [-0.15, -0.1) is 0 Å². The first kappa shape index (κ1) is 23.9. The Balaban J connectivity index is 1.39. The molecule has 2 N–H and O–H groups in total. The van der Waals surface area contributed by atoms with Crippen LogP contribution in [0.2, 0.25) is 0 Å². The molecule has 0 spiro atoms. The molecule has 0 aromatic heterocycles. The lowest BCUT2D eigenvalue weighted by atomic mass is 10.0. The number of hydrogen-bond acceptors (Lipinski definition) is 4. The summed E-state index contributed by atoms with van der Waals surface area (Å²) in [5, 5.41) is 2.93. The van der Waals surface area contributed by atoms with Crippen molar-refractivity contribution in [2.24, 2.45) is 0 Å². The Kier molecular flexibility index (Phi) is 7.59. The number of halogens is 1. The summed E-state index contributed by atoms with van der Waals surface area (Å²) < 4.78 is 41.2. The molecule has 0 saturated carbocycles. The number of likely N-dealkylation sites (tertiary alicyclic amines) is 1. The summed E-state index contributed by atoms with van der Waals surface area (Å²) in [6.07, 6.45) is 3.73. The smallest absolute Gasteiger partial charge is 0.261 e. The first-order valence-corrected chi connectivity index (χ1v) is 12.9. The van der Waals surface area contributed by atoms with Crippen molar-refractivity contribution in [3.8, 4) is 0 Å². The molecule has 1 saturated heterocycles. The van der Waals surface area contributed by atoms with Gasteiger partial charge in [-0.25, -0.2) is 12.8 Å². The van der Waals surface area contributed by atoms with Gasteiger partial charge in [-0.1, -0.05) is 42.8 Å². The molecular formula is C26H28FN3O3S. The van der Waals surface area contributed by atoms with Gasteiger partial charge in [0.05, 0.1) is 10.6 Å². The number of piperidine rings is 1. The van der Waals surface area contributed by atoms with Crippen LogP contribution in [-0.2, 0) is 23.1 Å². The summed E-state index contributed by atoms with van der Waals surface area (Å²) in [7, 11) is -3.98. The van der Waals surface area contributed by atoms with Crippen LogP contribution >= 0.6 is 0 Å². The molecule has 6 nitrogen and oxygen atoms in total. The molecule has 0 unspecified atom stereocenters. The van der Waals surface area contributed by atoms with Crippen LogP contribution in [0.1, 0.15) is 40.7 Å². The zero-order valence-corrected chi connectivity index (χ0v) is 19.7. The van der Waals surface area contributed by atoms with Crippen LogP contribution < -0.4 is 10.0 Å². The van der Waals surface area contributed by atoms with E-state index in [1.54, 1.807) is 6.07 Å². The number of rotatable bonds is 8. The zero-order valence-electron chi connectivity index (χ0n) is 18.8. The predicted octanol–water partition coefficient (Wildman–Crippen LogP) is 4.54. The Morgan fingerprint density at radius 3 is 2.21 bits per heavy atom. The van der Waals surface area contributed by atoms with Crippen molar-refractivity contribution >= 4 is 21.6 Å². The minimum atomic E-state index is -3.98. The minimum absolute atomic E-state index is 0.0563. The molecule has 1 heterocycles. The van der Waals surface area contributed by atoms with E-state index in [1.165, 1.54) is 67.3 Å². The van der Waals surface area contributed by atoms with Crippen LogP contribution in [0.25, 0.3) is 0 Å². The van der Waals surface area contributed by atoms with Crippen molar-refractivity contribution in [3.63, 3.8) is 0 Å². The number of nitrogens with one attached hydrogen (secondary N) is 2. The zero-order chi connectivity index (χ0) is 24.0. The van der Waals surface area contributed by atoms with Crippen molar-refractivity contribution in [1.82, 2.24) is 10.2 Å². The third kappa shape index (κ3) is 6.01. The van der Waals surface area contributed by atoms with E-state index >= 15 is 0 Å². The molecule has 0 radical (unpaired) electrons. The molecule has 0 aliphatic carbocycles. The SMILES string of the molecule is O=C(NCc1ccccc1CN1CCCCC1)c1ccc(S(=O)(=O)Nc2ccccc2F)cc1. The Labute approximate surface area is 199 Å². The highest BCUT2D eigenvalue weighted by molar-refractivity contribution is 7.92. The van der Waals surface area contributed by atoms with Gasteiger partial charge in [0.15, 0.2) is 0 Å². The molecular weight excluding hydrogens is 453 g/mol. The standard InChI is InChI=1S/C26H28FN3O3S/c27-24-10-4-5-11-25(24)29-34(32,33)23-14-12-20(13-15-23)26(31)28-18-21-8-2-3-9-22(21)19-30-16-6-1-7-17-30/h2-5,8-15,29H,1,6-7,16-19H2,(H,28,31). The van der Waals surface area contributed by atoms with Crippen molar-refractivity contribution in [1.29, 1.82) is 0 Å². The Morgan fingerprint density at radius 2 is 1.50 bits per heavy atom. The monoisotopic (exact) mass is 481 g/mol. The summed E-state index contributed by atoms with van der Waals surface area (Å²) in [5.41, 5.74) is 2.48. The van der Waals surface area contributed by atoms with E-state index in [1.807, 2.05) is 18.2 Å². The molecule has 0 atom stereocenters. The lowest BCUT2D eigenvalue weighted by Crippen LogP contribution is -2.30. The molecule has 1 fully saturated rings. The topological polar surface area (TPSA) is 78.5 Å². The third-order valence-corrected chi connectivity index (χ3v) is 7.33. The maximum absolute atomic E-state index is 13.8. The Bertz CT molecular complexity index is 1240. The number of hydrogen-bond donors (Lipinski definition) is 2. The molecule has 34 heavy (non-hydrogen) atoms. The van der Waals surface area contributed by atoms with Crippen LogP contribution in [0.5, 0.6) is 0 Å². The average Bonchev–Trinajstić information content (AvgIpc) is 2.85. The fraction of sp³-hybridized carbons (Fsp3) is 0.269. The van der Waals surface area contributed by atoms with Gasteiger partial charge >= 0.3 is 0 Å². The Morgan fingerprint density at radius 1 is 0.853 bits per heavy atom. The fourth-order valence-electron chi connectivity index (χ4n) is 4.05. The summed E-state index contributed by atoms with van der Waals surface area (Å²) in [6, 6.07) is 19.2. The van der Waals surface area contributed by atoms with Crippen LogP contribution in [0.3, 0.4) is 0 Å². The molecule has 0 bridgehead atoms. The summed E-state index contributed by atoms with van der Waals surface area (Å²) in [6.45, 7) is 3.45. The van der Waals surface area contributed by atoms with Crippen molar-refractivity contribution in [2.75, 3.05) is 17.8 Å². The number of benzene rings is 3. The first-order chi connectivity index (χ1) is 16.4. The van der Waals surface area contributed by atoms with Gasteiger partial charge in [-0.2, -0.15) is 0 Å².